The van der Waals surface area contributed by atoms with Crippen molar-refractivity contribution in [2.24, 2.45) is 0 Å². The van der Waals surface area contributed by atoms with Crippen LogP contribution in [0.15, 0.2) is 36.4 Å². The van der Waals surface area contributed by atoms with Crippen LogP contribution in [0.3, 0.4) is 0 Å². The maximum absolute atomic E-state index is 13.9. The van der Waals surface area contributed by atoms with E-state index in [4.69, 9.17) is 4.43 Å². The predicted octanol–water partition coefficient (Wildman–Crippen LogP) is 4.72. The molecule has 132 valence electrons. The summed E-state index contributed by atoms with van der Waals surface area (Å²) in [6.07, 6.45) is 0.545. The van der Waals surface area contributed by atoms with Gasteiger partial charge in [0, 0.05) is 0 Å². The monoisotopic (exact) mass is 352 g/mol. The highest BCUT2D eigenvalue weighted by Gasteiger charge is 2.37. The lowest BCUT2D eigenvalue weighted by molar-refractivity contribution is -0.0363. The molecule has 0 bridgehead atoms. The second-order valence-electron chi connectivity index (χ2n) is 7.19. The molecule has 0 aromatic heterocycles. The van der Waals surface area contributed by atoms with Crippen molar-refractivity contribution in [3.8, 4) is 11.8 Å². The van der Waals surface area contributed by atoms with Gasteiger partial charge in [-0.3, -0.25) is 0 Å². The van der Waals surface area contributed by atoms with Gasteiger partial charge < -0.3 is 9.53 Å². The summed E-state index contributed by atoms with van der Waals surface area (Å²) in [6, 6.07) is 8.95. The van der Waals surface area contributed by atoms with Gasteiger partial charge in [-0.2, -0.15) is 8.78 Å². The number of hydrogen-bond acceptors (Lipinski definition) is 2. The molecule has 1 rings (SSSR count). The molecule has 1 atom stereocenters. The first-order valence-electron chi connectivity index (χ1n) is 7.89. The second-order valence-corrected chi connectivity index (χ2v) is 12.0. The Kier molecular flexibility index (Phi) is 6.91. The third-order valence-corrected chi connectivity index (χ3v) is 8.69. The van der Waals surface area contributed by atoms with Crippen LogP contribution in [0.2, 0.25) is 18.1 Å². The van der Waals surface area contributed by atoms with Crippen LogP contribution in [0.4, 0.5) is 8.78 Å². The molecule has 0 heterocycles. The zero-order valence-electron chi connectivity index (χ0n) is 14.9. The first-order chi connectivity index (χ1) is 11.0. The Morgan fingerprint density at radius 2 is 1.79 bits per heavy atom. The summed E-state index contributed by atoms with van der Waals surface area (Å²) in [5, 5.41) is 9.65. The zero-order chi connectivity index (χ0) is 18.4. The van der Waals surface area contributed by atoms with E-state index in [0.717, 1.165) is 11.6 Å². The van der Waals surface area contributed by atoms with Gasteiger partial charge in [-0.1, -0.05) is 63.1 Å². The summed E-state index contributed by atoms with van der Waals surface area (Å²) in [6.45, 7) is 10.2. The van der Waals surface area contributed by atoms with Crippen LogP contribution in [-0.4, -0.2) is 32.1 Å². The number of benzene rings is 1. The molecule has 1 N–H and O–H groups in total. The average molecular weight is 352 g/mol. The lowest BCUT2D eigenvalue weighted by Gasteiger charge is -2.35. The number of alkyl halides is 2. The van der Waals surface area contributed by atoms with Crippen molar-refractivity contribution in [3.05, 3.63) is 42.0 Å². The lowest BCUT2D eigenvalue weighted by atomic mass is 10.1. The molecule has 0 fully saturated rings. The highest BCUT2D eigenvalue weighted by molar-refractivity contribution is 6.74. The van der Waals surface area contributed by atoms with Gasteiger partial charge in [-0.25, -0.2) is 0 Å². The van der Waals surface area contributed by atoms with Crippen molar-refractivity contribution in [2.45, 2.75) is 50.9 Å². The quantitative estimate of drug-likeness (QED) is 0.614. The molecular weight excluding hydrogens is 326 g/mol. The topological polar surface area (TPSA) is 29.5 Å². The Balaban J connectivity index is 2.65. The third-order valence-electron chi connectivity index (χ3n) is 4.21. The number of hydrogen-bond donors (Lipinski definition) is 1. The standard InChI is InChI=1S/C19H26F2O2Si/c1-18(2,3)24(4,5)23-15-9-14-19(20,21)17(22)13-12-16-10-7-6-8-11-16/h6-8,10-13,17,22H,15H2,1-5H3/b13-12+/t17-/m1/s1. The van der Waals surface area contributed by atoms with Gasteiger partial charge in [-0.15, -0.1) is 0 Å². The van der Waals surface area contributed by atoms with Crippen molar-refractivity contribution < 1.29 is 18.3 Å². The SMILES string of the molecule is CC(C)(C)[Si](C)(C)OCC#CC(F)(F)[C@H](O)/C=C/c1ccccc1. The summed E-state index contributed by atoms with van der Waals surface area (Å²) in [7, 11) is -2.01. The van der Waals surface area contributed by atoms with E-state index in [1.165, 1.54) is 6.08 Å². The van der Waals surface area contributed by atoms with Crippen molar-refractivity contribution >= 4 is 14.4 Å². The summed E-state index contributed by atoms with van der Waals surface area (Å²) in [5.41, 5.74) is 0.738. The molecule has 5 heteroatoms. The Morgan fingerprint density at radius 3 is 2.33 bits per heavy atom. The third kappa shape index (κ3) is 6.20. The first kappa shape index (κ1) is 20.6. The minimum Gasteiger partial charge on any atom is -0.406 e. The van der Waals surface area contributed by atoms with Crippen LogP contribution in [-0.2, 0) is 4.43 Å². The van der Waals surface area contributed by atoms with E-state index in [-0.39, 0.29) is 11.6 Å². The number of aliphatic hydroxyl groups is 1. The molecule has 0 aliphatic rings. The molecule has 1 aromatic rings. The Bertz CT molecular complexity index is 608. The van der Waals surface area contributed by atoms with Crippen molar-refractivity contribution in [3.63, 3.8) is 0 Å². The largest absolute Gasteiger partial charge is 0.406 e. The van der Waals surface area contributed by atoms with E-state index >= 15 is 0 Å². The van der Waals surface area contributed by atoms with Gasteiger partial charge >= 0.3 is 5.92 Å². The number of halogens is 2. The minimum atomic E-state index is -3.51. The van der Waals surface area contributed by atoms with Crippen LogP contribution in [0, 0.1) is 11.8 Å². The van der Waals surface area contributed by atoms with Gasteiger partial charge in [-0.05, 0) is 35.7 Å². The van der Waals surface area contributed by atoms with Gasteiger partial charge in [0.15, 0.2) is 8.32 Å². The van der Waals surface area contributed by atoms with Crippen LogP contribution in [0.5, 0.6) is 0 Å². The summed E-state index contributed by atoms with van der Waals surface area (Å²) in [5.74, 6) is 0.671. The number of aliphatic hydroxyl groups excluding tert-OH is 1. The maximum atomic E-state index is 13.9. The summed E-state index contributed by atoms with van der Waals surface area (Å²) >= 11 is 0. The van der Waals surface area contributed by atoms with Crippen LogP contribution in [0.1, 0.15) is 26.3 Å². The van der Waals surface area contributed by atoms with E-state index < -0.39 is 20.3 Å². The molecule has 1 aromatic carbocycles. The maximum Gasteiger partial charge on any atom is 0.337 e. The molecule has 2 nitrogen and oxygen atoms in total. The molecule has 0 unspecified atom stereocenters. The van der Waals surface area contributed by atoms with Gasteiger partial charge in [0.05, 0.1) is 6.61 Å². The Hall–Kier alpha value is -1.48. The van der Waals surface area contributed by atoms with E-state index in [0.29, 0.717) is 0 Å². The van der Waals surface area contributed by atoms with E-state index in [1.807, 2.05) is 25.1 Å². The fraction of sp³-hybridized carbons (Fsp3) is 0.474. The number of rotatable bonds is 5. The second kappa shape index (κ2) is 8.06. The predicted molar refractivity (Wildman–Crippen MR) is 97.4 cm³/mol. The van der Waals surface area contributed by atoms with Crippen molar-refractivity contribution in [1.82, 2.24) is 0 Å². The van der Waals surface area contributed by atoms with Crippen molar-refractivity contribution in [2.75, 3.05) is 6.61 Å². The molecule has 0 aliphatic carbocycles. The van der Waals surface area contributed by atoms with E-state index in [1.54, 1.807) is 24.3 Å². The fourth-order valence-electron chi connectivity index (χ4n) is 1.55. The van der Waals surface area contributed by atoms with E-state index in [9.17, 15) is 13.9 Å². The average Bonchev–Trinajstić information content (AvgIpc) is 2.49. The molecule has 0 spiro atoms. The first-order valence-corrected chi connectivity index (χ1v) is 10.8. The molecule has 0 saturated heterocycles. The van der Waals surface area contributed by atoms with Gasteiger partial charge in [0.25, 0.3) is 0 Å². The van der Waals surface area contributed by atoms with Gasteiger partial charge in [0.1, 0.15) is 6.10 Å². The fourth-order valence-corrected chi connectivity index (χ4v) is 2.41. The van der Waals surface area contributed by atoms with Crippen LogP contribution >= 0.6 is 0 Å². The molecule has 0 aliphatic heterocycles. The lowest BCUT2D eigenvalue weighted by Crippen LogP contribution is -2.40. The minimum absolute atomic E-state index is 0.00483. The molecule has 0 saturated carbocycles. The van der Waals surface area contributed by atoms with Crippen molar-refractivity contribution in [1.29, 1.82) is 0 Å². The Labute approximate surface area is 144 Å². The summed E-state index contributed by atoms with van der Waals surface area (Å²) < 4.78 is 33.4. The van der Waals surface area contributed by atoms with E-state index in [2.05, 4.69) is 26.7 Å². The molecular formula is C19H26F2O2Si. The highest BCUT2D eigenvalue weighted by atomic mass is 28.4. The molecule has 24 heavy (non-hydrogen) atoms. The van der Waals surface area contributed by atoms with Crippen LogP contribution < -0.4 is 0 Å². The normalized spacial score (nSPS) is 14.3. The Morgan fingerprint density at radius 1 is 1.21 bits per heavy atom. The highest BCUT2D eigenvalue weighted by Crippen LogP contribution is 2.36. The molecule has 0 radical (unpaired) electrons. The van der Waals surface area contributed by atoms with Gasteiger partial charge in [0.2, 0.25) is 0 Å². The van der Waals surface area contributed by atoms with Crippen LogP contribution in [0.25, 0.3) is 6.08 Å². The molecule has 0 amide bonds. The summed E-state index contributed by atoms with van der Waals surface area (Å²) in [4.78, 5) is 0. The smallest absolute Gasteiger partial charge is 0.337 e. The zero-order valence-corrected chi connectivity index (χ0v) is 15.9.